The molecule has 2 aromatic rings. The molecule has 1 N–H and O–H groups in total. The Morgan fingerprint density at radius 2 is 1.85 bits per heavy atom. The zero-order valence-corrected chi connectivity index (χ0v) is 16.3. The van der Waals surface area contributed by atoms with Crippen LogP contribution >= 0.6 is 0 Å². The standard InChI is InChI=1S/C18H24N4O3S/c1-13-16(12-19-22(13)18(2,3)4)17(23)20-14-6-8-15(9-7-14)21-10-5-11-26(21,24)25/h6-9,12H,5,10-11H2,1-4H3,(H,20,23). The summed E-state index contributed by atoms with van der Waals surface area (Å²) >= 11 is 0. The van der Waals surface area contributed by atoms with Crippen LogP contribution in [0, 0.1) is 6.92 Å². The maximum atomic E-state index is 12.5. The van der Waals surface area contributed by atoms with Gasteiger partial charge in [-0.15, -0.1) is 0 Å². The number of nitrogens with zero attached hydrogens (tertiary/aromatic N) is 3. The van der Waals surface area contributed by atoms with Gasteiger partial charge < -0.3 is 5.32 Å². The van der Waals surface area contributed by atoms with Gasteiger partial charge >= 0.3 is 0 Å². The molecule has 1 aromatic heterocycles. The van der Waals surface area contributed by atoms with E-state index in [9.17, 15) is 13.2 Å². The molecule has 8 heteroatoms. The van der Waals surface area contributed by atoms with E-state index in [-0.39, 0.29) is 17.2 Å². The first-order valence-electron chi connectivity index (χ1n) is 8.56. The number of aromatic nitrogens is 2. The summed E-state index contributed by atoms with van der Waals surface area (Å²) in [5, 5.41) is 7.16. The summed E-state index contributed by atoms with van der Waals surface area (Å²) in [5.74, 6) is -0.0535. The third-order valence-electron chi connectivity index (χ3n) is 4.40. The highest BCUT2D eigenvalue weighted by Crippen LogP contribution is 2.26. The molecule has 1 fully saturated rings. The molecule has 0 bridgehead atoms. The summed E-state index contributed by atoms with van der Waals surface area (Å²) in [6.45, 7) is 8.45. The second kappa shape index (κ2) is 6.42. The van der Waals surface area contributed by atoms with Gasteiger partial charge in [-0.1, -0.05) is 0 Å². The number of carbonyl (C=O) groups is 1. The van der Waals surface area contributed by atoms with Crippen molar-refractivity contribution in [3.8, 4) is 0 Å². The largest absolute Gasteiger partial charge is 0.322 e. The maximum Gasteiger partial charge on any atom is 0.259 e. The Morgan fingerprint density at radius 3 is 2.35 bits per heavy atom. The van der Waals surface area contributed by atoms with Gasteiger partial charge in [0.25, 0.3) is 5.91 Å². The minimum atomic E-state index is -3.20. The molecule has 0 spiro atoms. The Hall–Kier alpha value is -2.35. The van der Waals surface area contributed by atoms with Crippen LogP contribution in [0.5, 0.6) is 0 Å². The van der Waals surface area contributed by atoms with Crippen molar-refractivity contribution in [3.05, 3.63) is 41.7 Å². The zero-order valence-electron chi connectivity index (χ0n) is 15.5. The average molecular weight is 376 g/mol. The summed E-state index contributed by atoms with van der Waals surface area (Å²) in [6.07, 6.45) is 2.21. The van der Waals surface area contributed by atoms with Crippen LogP contribution in [0.3, 0.4) is 0 Å². The predicted molar refractivity (Wildman–Crippen MR) is 102 cm³/mol. The highest BCUT2D eigenvalue weighted by atomic mass is 32.2. The van der Waals surface area contributed by atoms with E-state index in [4.69, 9.17) is 0 Å². The van der Waals surface area contributed by atoms with E-state index in [0.717, 1.165) is 5.69 Å². The lowest BCUT2D eigenvalue weighted by atomic mass is 10.1. The summed E-state index contributed by atoms with van der Waals surface area (Å²) in [6, 6.07) is 6.85. The highest BCUT2D eigenvalue weighted by Gasteiger charge is 2.28. The van der Waals surface area contributed by atoms with Crippen molar-refractivity contribution in [1.29, 1.82) is 0 Å². The SMILES string of the molecule is Cc1c(C(=O)Nc2ccc(N3CCCS3(=O)=O)cc2)cnn1C(C)(C)C. The van der Waals surface area contributed by atoms with Crippen molar-refractivity contribution in [2.45, 2.75) is 39.7 Å². The summed E-state index contributed by atoms with van der Waals surface area (Å²) in [5.41, 5.74) is 2.35. The fourth-order valence-corrected chi connectivity index (χ4v) is 4.71. The number of hydrogen-bond acceptors (Lipinski definition) is 4. The van der Waals surface area contributed by atoms with Crippen LogP contribution in [-0.2, 0) is 15.6 Å². The molecule has 140 valence electrons. The van der Waals surface area contributed by atoms with E-state index in [2.05, 4.69) is 10.4 Å². The number of rotatable bonds is 3. The van der Waals surface area contributed by atoms with Gasteiger partial charge in [-0.25, -0.2) is 8.42 Å². The van der Waals surface area contributed by atoms with Crippen molar-refractivity contribution < 1.29 is 13.2 Å². The number of benzene rings is 1. The average Bonchev–Trinajstić information content (AvgIpc) is 3.10. The van der Waals surface area contributed by atoms with Crippen molar-refractivity contribution in [2.24, 2.45) is 0 Å². The molecule has 26 heavy (non-hydrogen) atoms. The molecular formula is C18H24N4O3S. The van der Waals surface area contributed by atoms with Gasteiger partial charge in [0.15, 0.2) is 0 Å². The molecule has 1 aliphatic rings. The van der Waals surface area contributed by atoms with E-state index in [0.29, 0.717) is 29.9 Å². The lowest BCUT2D eigenvalue weighted by Crippen LogP contribution is -2.25. The van der Waals surface area contributed by atoms with E-state index < -0.39 is 10.0 Å². The van der Waals surface area contributed by atoms with Gasteiger partial charge in [0.2, 0.25) is 10.0 Å². The Labute approximate surface area is 154 Å². The number of hydrogen-bond donors (Lipinski definition) is 1. The number of anilines is 2. The summed E-state index contributed by atoms with van der Waals surface area (Å²) < 4.78 is 27.2. The minimum Gasteiger partial charge on any atom is -0.322 e. The van der Waals surface area contributed by atoms with Crippen LogP contribution in [0.1, 0.15) is 43.2 Å². The second-order valence-electron chi connectivity index (χ2n) is 7.47. The fourth-order valence-electron chi connectivity index (χ4n) is 3.15. The second-order valence-corrected chi connectivity index (χ2v) is 9.48. The van der Waals surface area contributed by atoms with Crippen molar-refractivity contribution >= 4 is 27.3 Å². The van der Waals surface area contributed by atoms with Crippen LogP contribution in [0.2, 0.25) is 0 Å². The molecule has 1 amide bonds. The quantitative estimate of drug-likeness (QED) is 0.893. The first kappa shape index (κ1) is 18.4. The third-order valence-corrected chi connectivity index (χ3v) is 6.27. The fraction of sp³-hybridized carbons (Fsp3) is 0.444. The number of amides is 1. The van der Waals surface area contributed by atoms with Gasteiger partial charge in [-0.2, -0.15) is 5.10 Å². The lowest BCUT2D eigenvalue weighted by Gasteiger charge is -2.21. The van der Waals surface area contributed by atoms with Crippen LogP contribution in [0.25, 0.3) is 0 Å². The Morgan fingerprint density at radius 1 is 1.19 bits per heavy atom. The van der Waals surface area contributed by atoms with Gasteiger partial charge in [-0.05, 0) is 58.4 Å². The first-order valence-corrected chi connectivity index (χ1v) is 10.2. The maximum absolute atomic E-state index is 12.5. The summed E-state index contributed by atoms with van der Waals surface area (Å²) in [4.78, 5) is 12.5. The molecule has 0 unspecified atom stereocenters. The summed E-state index contributed by atoms with van der Waals surface area (Å²) in [7, 11) is -3.20. The van der Waals surface area contributed by atoms with Crippen molar-refractivity contribution in [2.75, 3.05) is 21.9 Å². The smallest absolute Gasteiger partial charge is 0.259 e. The van der Waals surface area contributed by atoms with Gasteiger partial charge in [0.1, 0.15) is 0 Å². The number of nitrogens with one attached hydrogen (secondary N) is 1. The van der Waals surface area contributed by atoms with Crippen LogP contribution in [0.4, 0.5) is 11.4 Å². The van der Waals surface area contributed by atoms with Crippen molar-refractivity contribution in [3.63, 3.8) is 0 Å². The molecule has 2 heterocycles. The monoisotopic (exact) mass is 376 g/mol. The molecule has 3 rings (SSSR count). The van der Waals surface area contributed by atoms with Crippen LogP contribution in [0.15, 0.2) is 30.5 Å². The first-order chi connectivity index (χ1) is 12.1. The molecule has 1 aliphatic heterocycles. The number of carbonyl (C=O) groups excluding carboxylic acids is 1. The molecule has 7 nitrogen and oxygen atoms in total. The molecule has 0 aliphatic carbocycles. The Balaban J connectivity index is 1.76. The molecule has 0 atom stereocenters. The van der Waals surface area contributed by atoms with Gasteiger partial charge in [0, 0.05) is 17.9 Å². The Bertz CT molecular complexity index is 924. The molecular weight excluding hydrogens is 352 g/mol. The van der Waals surface area contributed by atoms with Crippen LogP contribution in [-0.4, -0.2) is 36.4 Å². The van der Waals surface area contributed by atoms with E-state index in [1.54, 1.807) is 30.5 Å². The Kier molecular flexibility index (Phi) is 4.56. The lowest BCUT2D eigenvalue weighted by molar-refractivity contribution is 0.102. The molecule has 0 saturated carbocycles. The third kappa shape index (κ3) is 3.46. The molecule has 0 radical (unpaired) electrons. The van der Waals surface area contributed by atoms with E-state index in [1.165, 1.54) is 4.31 Å². The van der Waals surface area contributed by atoms with Crippen LogP contribution < -0.4 is 9.62 Å². The van der Waals surface area contributed by atoms with Gasteiger partial charge in [-0.3, -0.25) is 13.8 Å². The number of sulfonamides is 1. The normalized spacial score (nSPS) is 16.7. The van der Waals surface area contributed by atoms with Gasteiger partial charge in [0.05, 0.1) is 28.7 Å². The zero-order chi connectivity index (χ0) is 19.1. The van der Waals surface area contributed by atoms with E-state index >= 15 is 0 Å². The van der Waals surface area contributed by atoms with Crippen molar-refractivity contribution in [1.82, 2.24) is 9.78 Å². The minimum absolute atomic E-state index is 0.183. The topological polar surface area (TPSA) is 84.3 Å². The predicted octanol–water partition coefficient (Wildman–Crippen LogP) is 2.74. The molecule has 1 saturated heterocycles. The van der Waals surface area contributed by atoms with E-state index in [1.807, 2.05) is 32.4 Å². The molecule has 1 aromatic carbocycles. The highest BCUT2D eigenvalue weighted by molar-refractivity contribution is 7.93.